The van der Waals surface area contributed by atoms with E-state index in [0.717, 1.165) is 11.5 Å². The summed E-state index contributed by atoms with van der Waals surface area (Å²) in [6.45, 7) is 7.61. The van der Waals surface area contributed by atoms with Gasteiger partial charge in [-0.2, -0.15) is 0 Å². The highest BCUT2D eigenvalue weighted by Crippen LogP contribution is 2.45. The molecule has 1 aromatic heterocycles. The molecule has 0 radical (unpaired) electrons. The smallest absolute Gasteiger partial charge is 0.313 e. The van der Waals surface area contributed by atoms with Crippen LogP contribution < -0.4 is 14.2 Å². The molecule has 0 bridgehead atoms. The van der Waals surface area contributed by atoms with Crippen LogP contribution in [-0.4, -0.2) is 32.7 Å². The number of rotatable bonds is 6. The first-order valence-corrected chi connectivity index (χ1v) is 8.91. The quantitative estimate of drug-likeness (QED) is 0.555. The van der Waals surface area contributed by atoms with Gasteiger partial charge in [0.2, 0.25) is 5.75 Å². The van der Waals surface area contributed by atoms with E-state index >= 15 is 0 Å². The maximum Gasteiger partial charge on any atom is 0.313 e. The minimum atomic E-state index is -0.689. The Labute approximate surface area is 167 Å². The summed E-state index contributed by atoms with van der Waals surface area (Å²) in [6, 6.07) is 4.97. The van der Waals surface area contributed by atoms with Crippen molar-refractivity contribution in [3.05, 3.63) is 24.3 Å². The maximum absolute atomic E-state index is 12.3. The molecule has 2 aromatic rings. The number of benzene rings is 1. The van der Waals surface area contributed by atoms with E-state index in [9.17, 15) is 24.6 Å². The van der Waals surface area contributed by atoms with E-state index in [1.807, 2.05) is 0 Å². The number of carbonyl (C=O) groups excluding carboxylic acids is 3. The summed E-state index contributed by atoms with van der Waals surface area (Å²) in [5, 5.41) is 20.4. The van der Waals surface area contributed by atoms with Gasteiger partial charge in [0, 0.05) is 19.1 Å². The normalized spacial score (nSPS) is 10.9. The molecule has 0 aliphatic carbocycles. The molecule has 1 heterocycles. The molecule has 0 unspecified atom stereocenters. The van der Waals surface area contributed by atoms with Crippen molar-refractivity contribution in [3.63, 3.8) is 0 Å². The van der Waals surface area contributed by atoms with Crippen molar-refractivity contribution < 1.29 is 38.8 Å². The molecule has 0 saturated carbocycles. The van der Waals surface area contributed by atoms with Crippen LogP contribution in [0.4, 0.5) is 0 Å². The first-order chi connectivity index (χ1) is 13.5. The third-order valence-corrected chi connectivity index (χ3v) is 3.73. The van der Waals surface area contributed by atoms with Gasteiger partial charge in [0.1, 0.15) is 5.69 Å². The fraction of sp³-hybridized carbons (Fsp3) is 0.350. The van der Waals surface area contributed by atoms with Crippen molar-refractivity contribution in [1.29, 1.82) is 0 Å². The Morgan fingerprint density at radius 1 is 0.793 bits per heavy atom. The van der Waals surface area contributed by atoms with Gasteiger partial charge in [0.25, 0.3) is 0 Å². The number of aromatic hydroxyl groups is 2. The van der Waals surface area contributed by atoms with Crippen LogP contribution in [0.25, 0.3) is 5.69 Å². The summed E-state index contributed by atoms with van der Waals surface area (Å²) in [7, 11) is 0. The summed E-state index contributed by atoms with van der Waals surface area (Å²) >= 11 is 0. The SMILES string of the molecule is CC(=O)Oc1ccc(OC(=O)C(C)C)c(OC(=O)C(C)C)c1-n1c(O)ccc1O. The fourth-order valence-electron chi connectivity index (χ4n) is 2.25. The van der Waals surface area contributed by atoms with Crippen LogP contribution in [0, 0.1) is 11.8 Å². The monoisotopic (exact) mass is 405 g/mol. The van der Waals surface area contributed by atoms with Crippen LogP contribution in [0.5, 0.6) is 29.0 Å². The van der Waals surface area contributed by atoms with Gasteiger partial charge in [-0.05, 0) is 12.1 Å². The van der Waals surface area contributed by atoms with Crippen molar-refractivity contribution in [2.45, 2.75) is 34.6 Å². The zero-order valence-electron chi connectivity index (χ0n) is 16.8. The highest BCUT2D eigenvalue weighted by Gasteiger charge is 2.28. The first-order valence-electron chi connectivity index (χ1n) is 8.91. The molecular weight excluding hydrogens is 382 g/mol. The molecule has 0 aliphatic heterocycles. The van der Waals surface area contributed by atoms with E-state index in [2.05, 4.69) is 0 Å². The molecule has 1 aromatic carbocycles. The molecule has 9 heteroatoms. The second-order valence-electron chi connectivity index (χ2n) is 6.87. The lowest BCUT2D eigenvalue weighted by Crippen LogP contribution is -2.20. The third-order valence-electron chi connectivity index (χ3n) is 3.73. The van der Waals surface area contributed by atoms with E-state index in [1.54, 1.807) is 27.7 Å². The van der Waals surface area contributed by atoms with Crippen molar-refractivity contribution in [1.82, 2.24) is 4.57 Å². The summed E-state index contributed by atoms with van der Waals surface area (Å²) in [5.41, 5.74) is -0.178. The molecule has 9 nitrogen and oxygen atoms in total. The van der Waals surface area contributed by atoms with Gasteiger partial charge in [-0.3, -0.25) is 14.4 Å². The number of ether oxygens (including phenoxy) is 3. The highest BCUT2D eigenvalue weighted by atomic mass is 16.6. The molecule has 29 heavy (non-hydrogen) atoms. The Bertz CT molecular complexity index is 923. The van der Waals surface area contributed by atoms with E-state index in [-0.39, 0.29) is 22.9 Å². The average molecular weight is 405 g/mol. The van der Waals surface area contributed by atoms with Crippen LogP contribution in [0.3, 0.4) is 0 Å². The molecule has 2 rings (SSSR count). The Kier molecular flexibility index (Phi) is 6.53. The number of nitrogens with zero attached hydrogens (tertiary/aromatic N) is 1. The summed E-state index contributed by atoms with van der Waals surface area (Å²) in [6.07, 6.45) is 0. The molecule has 0 atom stereocenters. The van der Waals surface area contributed by atoms with E-state index in [4.69, 9.17) is 14.2 Å². The number of esters is 3. The van der Waals surface area contributed by atoms with Gasteiger partial charge in [-0.1, -0.05) is 27.7 Å². The second kappa shape index (κ2) is 8.68. The third kappa shape index (κ3) is 4.87. The molecular formula is C20H23NO8. The van der Waals surface area contributed by atoms with E-state index in [1.165, 1.54) is 24.3 Å². The minimum absolute atomic E-state index is 0.129. The zero-order valence-corrected chi connectivity index (χ0v) is 16.8. The lowest BCUT2D eigenvalue weighted by atomic mass is 10.2. The van der Waals surface area contributed by atoms with Crippen molar-refractivity contribution in [3.8, 4) is 34.7 Å². The molecule has 0 aliphatic rings. The number of hydrogen-bond donors (Lipinski definition) is 2. The predicted molar refractivity (Wildman–Crippen MR) is 101 cm³/mol. The standard InChI is InChI=1S/C20H23NO8/c1-10(2)19(25)28-14-7-6-13(27-12(5)22)17(18(14)29-20(26)11(3)4)21-15(23)8-9-16(21)24/h6-11,23-24H,1-5H3. The summed E-state index contributed by atoms with van der Waals surface area (Å²) in [4.78, 5) is 36.0. The van der Waals surface area contributed by atoms with Crippen LogP contribution in [0.2, 0.25) is 0 Å². The van der Waals surface area contributed by atoms with Crippen LogP contribution >= 0.6 is 0 Å². The van der Waals surface area contributed by atoms with Crippen LogP contribution in [0.1, 0.15) is 34.6 Å². The predicted octanol–water partition coefficient (Wildman–Crippen LogP) is 2.94. The molecule has 0 saturated heterocycles. The van der Waals surface area contributed by atoms with Crippen molar-refractivity contribution in [2.24, 2.45) is 11.8 Å². The fourth-order valence-corrected chi connectivity index (χ4v) is 2.25. The average Bonchev–Trinajstić information content (AvgIpc) is 2.95. The Hall–Kier alpha value is -3.49. The van der Waals surface area contributed by atoms with Crippen LogP contribution in [0.15, 0.2) is 24.3 Å². The van der Waals surface area contributed by atoms with Gasteiger partial charge >= 0.3 is 17.9 Å². The number of carbonyl (C=O) groups is 3. The van der Waals surface area contributed by atoms with E-state index in [0.29, 0.717) is 0 Å². The molecule has 156 valence electrons. The van der Waals surface area contributed by atoms with Gasteiger partial charge in [0.05, 0.1) is 11.8 Å². The van der Waals surface area contributed by atoms with Crippen molar-refractivity contribution in [2.75, 3.05) is 0 Å². The number of aromatic nitrogens is 1. The van der Waals surface area contributed by atoms with Gasteiger partial charge in [-0.15, -0.1) is 0 Å². The van der Waals surface area contributed by atoms with E-state index < -0.39 is 41.5 Å². The van der Waals surface area contributed by atoms with Crippen LogP contribution in [-0.2, 0) is 14.4 Å². The largest absolute Gasteiger partial charge is 0.494 e. The molecule has 2 N–H and O–H groups in total. The molecule has 0 amide bonds. The molecule has 0 spiro atoms. The zero-order chi connectivity index (χ0) is 21.9. The minimum Gasteiger partial charge on any atom is -0.494 e. The first kappa shape index (κ1) is 21.8. The van der Waals surface area contributed by atoms with Gasteiger partial charge in [-0.25, -0.2) is 4.57 Å². The second-order valence-corrected chi connectivity index (χ2v) is 6.87. The summed E-state index contributed by atoms with van der Waals surface area (Å²) in [5.74, 6) is -4.39. The van der Waals surface area contributed by atoms with Crippen molar-refractivity contribution >= 4 is 17.9 Å². The lowest BCUT2D eigenvalue weighted by Gasteiger charge is -2.20. The molecule has 0 fully saturated rings. The Morgan fingerprint density at radius 2 is 1.28 bits per heavy atom. The maximum atomic E-state index is 12.3. The number of hydrogen-bond acceptors (Lipinski definition) is 8. The van der Waals surface area contributed by atoms with Gasteiger partial charge < -0.3 is 24.4 Å². The topological polar surface area (TPSA) is 124 Å². The Balaban J connectivity index is 2.80. The summed E-state index contributed by atoms with van der Waals surface area (Å²) < 4.78 is 16.8. The Morgan fingerprint density at radius 3 is 1.76 bits per heavy atom. The lowest BCUT2D eigenvalue weighted by molar-refractivity contribution is -0.140. The highest BCUT2D eigenvalue weighted by molar-refractivity contribution is 5.82. The van der Waals surface area contributed by atoms with Gasteiger partial charge in [0.15, 0.2) is 23.3 Å².